The zero-order valence-corrected chi connectivity index (χ0v) is 16.5. The summed E-state index contributed by atoms with van der Waals surface area (Å²) in [5, 5.41) is 5.24. The molecule has 2 aromatic rings. The standard InChI is InChI=1S/C19H23N3O5S/c1-14(2)22-28(25,26)17-8-5-15(6-9-17)21-19(24)11-12-20-18(23)10-7-16-4-3-13-27-16/h3-10,13-14,22H,11-12H2,1-2H3,(H,20,23)(H,21,24)/b10-7+. The van der Waals surface area contributed by atoms with Crippen molar-refractivity contribution in [2.24, 2.45) is 0 Å². The van der Waals surface area contributed by atoms with Crippen molar-refractivity contribution in [3.8, 4) is 0 Å². The quantitative estimate of drug-likeness (QED) is 0.553. The first kappa shape index (κ1) is 21.4. The number of hydrogen-bond acceptors (Lipinski definition) is 5. The maximum Gasteiger partial charge on any atom is 0.244 e. The molecule has 150 valence electrons. The molecule has 0 radical (unpaired) electrons. The predicted octanol–water partition coefficient (Wildman–Crippen LogP) is 2.12. The lowest BCUT2D eigenvalue weighted by Gasteiger charge is -2.10. The maximum atomic E-state index is 12.1. The van der Waals surface area contributed by atoms with Crippen LogP contribution < -0.4 is 15.4 Å². The van der Waals surface area contributed by atoms with E-state index in [-0.39, 0.29) is 35.7 Å². The highest BCUT2D eigenvalue weighted by Crippen LogP contribution is 2.14. The average molecular weight is 405 g/mol. The Bertz CT molecular complexity index is 917. The van der Waals surface area contributed by atoms with E-state index in [4.69, 9.17) is 4.42 Å². The third kappa shape index (κ3) is 7.01. The molecule has 0 fully saturated rings. The summed E-state index contributed by atoms with van der Waals surface area (Å²) in [7, 11) is -3.57. The molecule has 9 heteroatoms. The number of nitrogens with one attached hydrogen (secondary N) is 3. The van der Waals surface area contributed by atoms with Crippen LogP contribution in [0.2, 0.25) is 0 Å². The van der Waals surface area contributed by atoms with Gasteiger partial charge in [0.25, 0.3) is 0 Å². The molecule has 0 aliphatic heterocycles. The minimum Gasteiger partial charge on any atom is -0.465 e. The molecule has 28 heavy (non-hydrogen) atoms. The molecule has 1 heterocycles. The Kier molecular flexibility index (Phi) is 7.53. The summed E-state index contributed by atoms with van der Waals surface area (Å²) in [6, 6.07) is 9.07. The summed E-state index contributed by atoms with van der Waals surface area (Å²) in [6.45, 7) is 3.63. The first-order valence-electron chi connectivity index (χ1n) is 8.68. The molecule has 0 aliphatic rings. The van der Waals surface area contributed by atoms with Crippen LogP contribution in [0.3, 0.4) is 0 Å². The molecule has 2 rings (SSSR count). The second-order valence-electron chi connectivity index (χ2n) is 6.24. The van der Waals surface area contributed by atoms with E-state index in [0.717, 1.165) is 0 Å². The predicted molar refractivity (Wildman–Crippen MR) is 106 cm³/mol. The summed E-state index contributed by atoms with van der Waals surface area (Å²) < 4.78 is 31.7. The fourth-order valence-electron chi connectivity index (χ4n) is 2.22. The van der Waals surface area contributed by atoms with Gasteiger partial charge >= 0.3 is 0 Å². The van der Waals surface area contributed by atoms with Gasteiger partial charge in [-0.05, 0) is 56.3 Å². The molecule has 3 N–H and O–H groups in total. The van der Waals surface area contributed by atoms with Crippen molar-refractivity contribution in [2.45, 2.75) is 31.2 Å². The van der Waals surface area contributed by atoms with Gasteiger partial charge in [0.1, 0.15) is 5.76 Å². The van der Waals surface area contributed by atoms with Crippen molar-refractivity contribution < 1.29 is 22.4 Å². The van der Waals surface area contributed by atoms with Crippen LogP contribution in [-0.2, 0) is 19.6 Å². The molecule has 0 atom stereocenters. The first-order chi connectivity index (χ1) is 13.3. The highest BCUT2D eigenvalue weighted by Gasteiger charge is 2.15. The second-order valence-corrected chi connectivity index (χ2v) is 7.95. The van der Waals surface area contributed by atoms with Gasteiger partial charge in [-0.3, -0.25) is 9.59 Å². The van der Waals surface area contributed by atoms with Crippen molar-refractivity contribution in [3.63, 3.8) is 0 Å². The van der Waals surface area contributed by atoms with Gasteiger partial charge in [-0.15, -0.1) is 0 Å². The van der Waals surface area contributed by atoms with Crippen molar-refractivity contribution in [2.75, 3.05) is 11.9 Å². The van der Waals surface area contributed by atoms with Gasteiger partial charge in [-0.1, -0.05) is 0 Å². The molecule has 0 saturated heterocycles. The lowest BCUT2D eigenvalue weighted by Crippen LogP contribution is -2.30. The number of hydrogen-bond donors (Lipinski definition) is 3. The van der Waals surface area contributed by atoms with Gasteiger partial charge in [0.15, 0.2) is 0 Å². The van der Waals surface area contributed by atoms with Gasteiger partial charge in [0.2, 0.25) is 21.8 Å². The van der Waals surface area contributed by atoms with E-state index in [9.17, 15) is 18.0 Å². The second kappa shape index (κ2) is 9.86. The monoisotopic (exact) mass is 405 g/mol. The normalized spacial score (nSPS) is 11.7. The molecule has 8 nitrogen and oxygen atoms in total. The van der Waals surface area contributed by atoms with Crippen LogP contribution in [0, 0.1) is 0 Å². The molecule has 0 bridgehead atoms. The zero-order chi connectivity index (χ0) is 20.6. The van der Waals surface area contributed by atoms with E-state index in [1.54, 1.807) is 26.0 Å². The van der Waals surface area contributed by atoms with Crippen molar-refractivity contribution in [3.05, 3.63) is 54.5 Å². The number of benzene rings is 1. The van der Waals surface area contributed by atoms with Crippen LogP contribution in [0.4, 0.5) is 5.69 Å². The van der Waals surface area contributed by atoms with Gasteiger partial charge in [0, 0.05) is 30.8 Å². The fraction of sp³-hybridized carbons (Fsp3) is 0.263. The number of furan rings is 1. The van der Waals surface area contributed by atoms with E-state index in [1.807, 2.05) is 0 Å². The minimum absolute atomic E-state index is 0.0787. The highest BCUT2D eigenvalue weighted by molar-refractivity contribution is 7.89. The summed E-state index contributed by atoms with van der Waals surface area (Å²) in [4.78, 5) is 23.7. The Morgan fingerprint density at radius 1 is 1.14 bits per heavy atom. The number of sulfonamides is 1. The molecule has 1 aromatic heterocycles. The molecule has 0 aliphatic carbocycles. The smallest absolute Gasteiger partial charge is 0.244 e. The minimum atomic E-state index is -3.57. The number of carbonyl (C=O) groups is 2. The number of anilines is 1. The lowest BCUT2D eigenvalue weighted by atomic mass is 10.3. The van der Waals surface area contributed by atoms with Gasteiger partial charge in [-0.2, -0.15) is 0 Å². The molecular formula is C19H23N3O5S. The average Bonchev–Trinajstić information content (AvgIpc) is 3.13. The maximum absolute atomic E-state index is 12.1. The van der Waals surface area contributed by atoms with Crippen molar-refractivity contribution in [1.29, 1.82) is 0 Å². The third-order valence-electron chi connectivity index (χ3n) is 3.43. The summed E-state index contributed by atoms with van der Waals surface area (Å²) in [5.74, 6) is -0.0791. The molecule has 1 aromatic carbocycles. The topological polar surface area (TPSA) is 118 Å². The highest BCUT2D eigenvalue weighted by atomic mass is 32.2. The lowest BCUT2D eigenvalue weighted by molar-refractivity contribution is -0.117. The van der Waals surface area contributed by atoms with E-state index >= 15 is 0 Å². The Balaban J connectivity index is 1.77. The molecule has 0 unspecified atom stereocenters. The Morgan fingerprint density at radius 2 is 1.86 bits per heavy atom. The number of rotatable bonds is 9. The van der Waals surface area contributed by atoms with Crippen molar-refractivity contribution >= 4 is 33.6 Å². The summed E-state index contributed by atoms with van der Waals surface area (Å²) in [6.07, 6.45) is 4.43. The molecule has 0 saturated carbocycles. The van der Waals surface area contributed by atoms with E-state index < -0.39 is 10.0 Å². The molecule has 0 spiro atoms. The van der Waals surface area contributed by atoms with Gasteiger partial charge < -0.3 is 15.1 Å². The van der Waals surface area contributed by atoms with Crippen LogP contribution in [0.5, 0.6) is 0 Å². The Morgan fingerprint density at radius 3 is 2.46 bits per heavy atom. The fourth-order valence-corrected chi connectivity index (χ4v) is 3.47. The number of amides is 2. The largest absolute Gasteiger partial charge is 0.465 e. The van der Waals surface area contributed by atoms with E-state index in [2.05, 4.69) is 15.4 Å². The van der Waals surface area contributed by atoms with Crippen LogP contribution in [0.1, 0.15) is 26.0 Å². The van der Waals surface area contributed by atoms with E-state index in [1.165, 1.54) is 42.7 Å². The SMILES string of the molecule is CC(C)NS(=O)(=O)c1ccc(NC(=O)CCNC(=O)/C=C/c2ccco2)cc1. The summed E-state index contributed by atoms with van der Waals surface area (Å²) >= 11 is 0. The Hall–Kier alpha value is -2.91. The Labute approximate surface area is 164 Å². The van der Waals surface area contributed by atoms with Crippen molar-refractivity contribution in [1.82, 2.24) is 10.0 Å². The van der Waals surface area contributed by atoms with Crippen LogP contribution in [0.15, 0.2) is 58.1 Å². The molecule has 2 amide bonds. The van der Waals surface area contributed by atoms with Crippen LogP contribution >= 0.6 is 0 Å². The van der Waals surface area contributed by atoms with E-state index in [0.29, 0.717) is 11.4 Å². The number of carbonyl (C=O) groups excluding carboxylic acids is 2. The van der Waals surface area contributed by atoms with Crippen LogP contribution in [-0.4, -0.2) is 32.8 Å². The zero-order valence-electron chi connectivity index (χ0n) is 15.6. The van der Waals surface area contributed by atoms with Crippen LogP contribution in [0.25, 0.3) is 6.08 Å². The first-order valence-corrected chi connectivity index (χ1v) is 10.2. The summed E-state index contributed by atoms with van der Waals surface area (Å²) in [5.41, 5.74) is 0.470. The van der Waals surface area contributed by atoms with Gasteiger partial charge in [0.05, 0.1) is 11.2 Å². The third-order valence-corrected chi connectivity index (χ3v) is 5.11. The molecular weight excluding hydrogens is 382 g/mol. The van der Waals surface area contributed by atoms with Gasteiger partial charge in [-0.25, -0.2) is 13.1 Å².